The Morgan fingerprint density at radius 2 is 1.74 bits per heavy atom. The molecule has 0 saturated heterocycles. The van der Waals surface area contributed by atoms with Gasteiger partial charge < -0.3 is 10.6 Å². The van der Waals surface area contributed by atoms with Crippen molar-refractivity contribution >= 4 is 34.1 Å². The number of fused-ring (bicyclic) bond motifs is 2. The predicted molar refractivity (Wildman–Crippen MR) is 127 cm³/mol. The lowest BCUT2D eigenvalue weighted by Crippen LogP contribution is -2.62. The molecule has 0 spiro atoms. The van der Waals surface area contributed by atoms with Gasteiger partial charge in [-0.2, -0.15) is 0 Å². The minimum absolute atomic E-state index is 0.126. The zero-order chi connectivity index (χ0) is 23.9. The summed E-state index contributed by atoms with van der Waals surface area (Å²) >= 11 is 0. The molecule has 4 N–H and O–H groups in total. The highest BCUT2D eigenvalue weighted by molar-refractivity contribution is 6.26. The molecule has 0 fully saturated rings. The van der Waals surface area contributed by atoms with Crippen LogP contribution in [0.25, 0.3) is 11.0 Å². The third-order valence-electron chi connectivity index (χ3n) is 5.80. The highest BCUT2D eigenvalue weighted by atomic mass is 16.6. The second kappa shape index (κ2) is 8.29. The van der Waals surface area contributed by atoms with Gasteiger partial charge in [-0.3, -0.25) is 15.3 Å². The molecule has 2 atom stereocenters. The molecule has 1 amide bonds. The minimum Gasteiger partial charge on any atom is -0.322 e. The van der Waals surface area contributed by atoms with Gasteiger partial charge in [0, 0.05) is 11.1 Å². The van der Waals surface area contributed by atoms with Crippen molar-refractivity contribution in [2.24, 2.45) is 16.5 Å². The van der Waals surface area contributed by atoms with Gasteiger partial charge in [-0.1, -0.05) is 54.6 Å². The number of nitrogens with two attached hydrogens (primary N) is 2. The molecule has 4 aromatic rings. The van der Waals surface area contributed by atoms with Crippen LogP contribution in [0.3, 0.4) is 0 Å². The van der Waals surface area contributed by atoms with Crippen LogP contribution in [-0.4, -0.2) is 39.4 Å². The average molecular weight is 454 g/mol. The molecule has 1 unspecified atom stereocenters. The van der Waals surface area contributed by atoms with Crippen LogP contribution >= 0.6 is 0 Å². The molecule has 1 aromatic heterocycles. The quantitative estimate of drug-likeness (QED) is 0.440. The third-order valence-corrected chi connectivity index (χ3v) is 5.80. The van der Waals surface area contributed by atoms with Crippen LogP contribution in [-0.2, 0) is 16.1 Å². The zero-order valence-corrected chi connectivity index (χ0v) is 18.4. The van der Waals surface area contributed by atoms with E-state index in [0.29, 0.717) is 28.0 Å². The van der Waals surface area contributed by atoms with Crippen molar-refractivity contribution in [1.29, 1.82) is 0 Å². The van der Waals surface area contributed by atoms with Crippen LogP contribution in [0.2, 0.25) is 0 Å². The molecule has 34 heavy (non-hydrogen) atoms. The molecule has 9 nitrogen and oxygen atoms in total. The zero-order valence-electron chi connectivity index (χ0n) is 18.4. The Labute approximate surface area is 195 Å². The van der Waals surface area contributed by atoms with Crippen molar-refractivity contribution in [3.05, 3.63) is 89.5 Å². The number of amides is 1. The highest BCUT2D eigenvalue weighted by Gasteiger charge is 2.48. The number of hydrogen-bond acceptors (Lipinski definition) is 8. The van der Waals surface area contributed by atoms with E-state index in [1.54, 1.807) is 12.1 Å². The van der Waals surface area contributed by atoms with E-state index >= 15 is 0 Å². The maximum atomic E-state index is 13.9. The first-order valence-corrected chi connectivity index (χ1v) is 10.7. The molecule has 170 valence electrons. The van der Waals surface area contributed by atoms with Crippen LogP contribution in [0, 0.1) is 0 Å². The number of benzodiazepines with no additional fused rings is 1. The van der Waals surface area contributed by atoms with Crippen molar-refractivity contribution in [3.8, 4) is 0 Å². The van der Waals surface area contributed by atoms with E-state index in [0.717, 1.165) is 11.1 Å². The van der Waals surface area contributed by atoms with Gasteiger partial charge in [0.2, 0.25) is 11.4 Å². The van der Waals surface area contributed by atoms with Crippen molar-refractivity contribution in [3.63, 3.8) is 0 Å². The number of rotatable bonds is 5. The lowest BCUT2D eigenvalue weighted by molar-refractivity contribution is -0.134. The Morgan fingerprint density at radius 1 is 1.03 bits per heavy atom. The number of nitrogens with zero attached hydrogens (tertiary/aromatic N) is 4. The normalized spacial score (nSPS) is 18.9. The van der Waals surface area contributed by atoms with E-state index in [2.05, 4.69) is 15.3 Å². The Morgan fingerprint density at radius 3 is 2.50 bits per heavy atom. The minimum atomic E-state index is -2.20. The fraction of sp³-hybridized carbons (Fsp3) is 0.160. The first-order chi connectivity index (χ1) is 16.4. The summed E-state index contributed by atoms with van der Waals surface area (Å²) in [7, 11) is 0. The largest absolute Gasteiger partial charge is 0.322 e. The van der Waals surface area contributed by atoms with Gasteiger partial charge in [0.1, 0.15) is 11.0 Å². The predicted octanol–water partition coefficient (Wildman–Crippen LogP) is 2.18. The van der Waals surface area contributed by atoms with E-state index in [1.165, 1.54) is 11.8 Å². The molecule has 5 rings (SSSR count). The molecule has 9 heteroatoms. The Bertz CT molecular complexity index is 1430. The molecule has 0 radical (unpaired) electrons. The third kappa shape index (κ3) is 3.57. The molecule has 2 heterocycles. The van der Waals surface area contributed by atoms with Crippen LogP contribution in [0.5, 0.6) is 0 Å². The fourth-order valence-corrected chi connectivity index (χ4v) is 4.10. The number of Topliss-reactive ketones (excluding diaryl/α,β-unsaturated/α-hetero) is 1. The SMILES string of the molecule is C[C@H](N)C(=O)C1(N)N=C(c2ccccc2)c2ccccc2N(Cc2ccc3nonc3c2)C1=O. The standard InChI is InChI=1S/C25H22N6O3/c1-15(26)23(32)25(27)24(33)31(14-16-11-12-19-20(13-16)30-34-29-19)21-10-6-5-9-18(21)22(28-25)17-7-3-2-4-8-17/h2-13,15H,14,26-27H2,1H3/t15-,25?/m0/s1. The van der Waals surface area contributed by atoms with E-state index in [1.807, 2.05) is 60.7 Å². The maximum Gasteiger partial charge on any atom is 0.277 e. The van der Waals surface area contributed by atoms with Gasteiger partial charge in [0.05, 0.1) is 24.0 Å². The first kappa shape index (κ1) is 21.6. The average Bonchev–Trinajstić information content (AvgIpc) is 3.30. The summed E-state index contributed by atoms with van der Waals surface area (Å²) in [4.78, 5) is 33.2. The second-order valence-corrected chi connectivity index (χ2v) is 8.24. The Balaban J connectivity index is 1.71. The summed E-state index contributed by atoms with van der Waals surface area (Å²) in [5, 5.41) is 7.70. The summed E-state index contributed by atoms with van der Waals surface area (Å²) in [6.07, 6.45) is 0. The smallest absolute Gasteiger partial charge is 0.277 e. The topological polar surface area (TPSA) is 141 Å². The van der Waals surface area contributed by atoms with Gasteiger partial charge in [0.25, 0.3) is 5.91 Å². The van der Waals surface area contributed by atoms with Gasteiger partial charge in [-0.25, -0.2) is 9.62 Å². The monoisotopic (exact) mass is 454 g/mol. The van der Waals surface area contributed by atoms with Crippen molar-refractivity contribution in [2.45, 2.75) is 25.2 Å². The summed E-state index contributed by atoms with van der Waals surface area (Å²) in [5.74, 6) is -1.33. The maximum absolute atomic E-state index is 13.9. The summed E-state index contributed by atoms with van der Waals surface area (Å²) < 4.78 is 4.78. The Kier molecular flexibility index (Phi) is 5.27. The lowest BCUT2D eigenvalue weighted by atomic mass is 9.98. The van der Waals surface area contributed by atoms with Crippen LogP contribution in [0.4, 0.5) is 5.69 Å². The van der Waals surface area contributed by atoms with E-state index in [-0.39, 0.29) is 6.54 Å². The summed E-state index contributed by atoms with van der Waals surface area (Å²) in [6.45, 7) is 1.62. The van der Waals surface area contributed by atoms with Crippen LogP contribution in [0.15, 0.2) is 82.4 Å². The summed E-state index contributed by atoms with van der Waals surface area (Å²) in [6, 6.07) is 21.0. The number of ketones is 1. The molecule has 3 aromatic carbocycles. The molecule has 0 aliphatic carbocycles. The summed E-state index contributed by atoms with van der Waals surface area (Å²) in [5.41, 5.74) is 14.6. The molecule has 1 aliphatic heterocycles. The number of para-hydroxylation sites is 1. The van der Waals surface area contributed by atoms with Gasteiger partial charge in [-0.15, -0.1) is 0 Å². The molecule has 1 aliphatic rings. The van der Waals surface area contributed by atoms with E-state index in [4.69, 9.17) is 16.1 Å². The molecular formula is C25H22N6O3. The van der Waals surface area contributed by atoms with Crippen LogP contribution in [0.1, 0.15) is 23.6 Å². The fourth-order valence-electron chi connectivity index (χ4n) is 4.10. The first-order valence-electron chi connectivity index (χ1n) is 10.7. The Hall–Kier alpha value is -4.21. The molecule has 0 bridgehead atoms. The van der Waals surface area contributed by atoms with Gasteiger partial charge in [-0.05, 0) is 41.0 Å². The molecular weight excluding hydrogens is 432 g/mol. The van der Waals surface area contributed by atoms with Crippen LogP contribution < -0.4 is 16.4 Å². The van der Waals surface area contributed by atoms with Gasteiger partial charge in [0.15, 0.2) is 0 Å². The van der Waals surface area contributed by atoms with E-state index < -0.39 is 23.4 Å². The lowest BCUT2D eigenvalue weighted by Gasteiger charge is -2.30. The van der Waals surface area contributed by atoms with Gasteiger partial charge >= 0.3 is 0 Å². The second-order valence-electron chi connectivity index (χ2n) is 8.24. The number of carbonyl (C=O) groups is 2. The number of hydrogen-bond donors (Lipinski definition) is 2. The number of benzene rings is 3. The number of anilines is 1. The van der Waals surface area contributed by atoms with Crippen molar-refractivity contribution in [1.82, 2.24) is 10.3 Å². The van der Waals surface area contributed by atoms with Crippen molar-refractivity contribution < 1.29 is 14.2 Å². The molecule has 0 saturated carbocycles. The van der Waals surface area contributed by atoms with Crippen molar-refractivity contribution in [2.75, 3.05) is 4.90 Å². The number of aliphatic imine (C=N–C) groups is 1. The number of carbonyl (C=O) groups excluding carboxylic acids is 2. The number of aromatic nitrogens is 2. The highest BCUT2D eigenvalue weighted by Crippen LogP contribution is 2.32. The van der Waals surface area contributed by atoms with E-state index in [9.17, 15) is 9.59 Å².